The third-order valence-electron chi connectivity index (χ3n) is 5.37. The summed E-state index contributed by atoms with van der Waals surface area (Å²) in [7, 11) is -3.31. The molecule has 0 atom stereocenters. The molecule has 0 fully saturated rings. The molecule has 4 aromatic rings. The molecular weight excluding hydrogens is 564 g/mol. The zero-order chi connectivity index (χ0) is 26.9. The number of anilines is 1. The number of hydrogen-bond acceptors (Lipinski definition) is 7. The molecule has 0 unspecified atom stereocenters. The largest absolute Gasteiger partial charge is 1.00 e. The fourth-order valence-electron chi connectivity index (χ4n) is 3.60. The molecular formula is C25H18Cl2N3NaO6S. The number of nitrogens with zero attached hydrogens (tertiary/aromatic N) is 2. The molecule has 0 aliphatic carbocycles. The standard InChI is InChI=1S/C25H19Cl2N3O6S.Na/c1-13-7-8-20(24(21(13)27)37(33,34)35)29-30-22-18-6-4-3-5-14(18)9-19(23(22)31)25(32)28-16-10-15(26)11-17(12-16)36-2;/h3-12,31H,1-2H3,(H,28,32)(H,33,34,35);/q;+1/p-1. The number of ether oxygens (including phenoxy) is 1. The molecule has 0 heterocycles. The maximum Gasteiger partial charge on any atom is 1.00 e. The fourth-order valence-corrected chi connectivity index (χ4v) is 5.04. The second-order valence-electron chi connectivity index (χ2n) is 7.88. The minimum absolute atomic E-state index is 0. The van der Waals surface area contributed by atoms with Gasteiger partial charge in [0.25, 0.3) is 16.0 Å². The van der Waals surface area contributed by atoms with Crippen molar-refractivity contribution in [3.05, 3.63) is 81.8 Å². The van der Waals surface area contributed by atoms with Crippen LogP contribution >= 0.6 is 23.2 Å². The van der Waals surface area contributed by atoms with Gasteiger partial charge in [0.05, 0.1) is 17.8 Å². The zero-order valence-corrected chi connectivity index (χ0v) is 24.6. The van der Waals surface area contributed by atoms with E-state index >= 15 is 0 Å². The van der Waals surface area contributed by atoms with Crippen molar-refractivity contribution in [1.82, 2.24) is 0 Å². The number of rotatable bonds is 6. The van der Waals surface area contributed by atoms with Crippen LogP contribution in [0.1, 0.15) is 15.9 Å². The van der Waals surface area contributed by atoms with Gasteiger partial charge in [0.1, 0.15) is 16.3 Å². The van der Waals surface area contributed by atoms with E-state index in [1.54, 1.807) is 37.3 Å². The van der Waals surface area contributed by atoms with E-state index in [1.165, 1.54) is 37.4 Å². The summed E-state index contributed by atoms with van der Waals surface area (Å²) in [6, 6.07) is 15.5. The van der Waals surface area contributed by atoms with Gasteiger partial charge in [0, 0.05) is 27.7 Å². The van der Waals surface area contributed by atoms with E-state index in [2.05, 4.69) is 15.5 Å². The number of aryl methyl sites for hydroxylation is 1. The molecule has 0 bridgehead atoms. The van der Waals surface area contributed by atoms with Gasteiger partial charge in [-0.1, -0.05) is 59.3 Å². The van der Waals surface area contributed by atoms with Gasteiger partial charge in [-0.3, -0.25) is 9.35 Å². The maximum absolute atomic E-state index is 13.4. The molecule has 13 heteroatoms. The Morgan fingerprint density at radius 3 is 2.45 bits per heavy atom. The van der Waals surface area contributed by atoms with Crippen molar-refractivity contribution in [2.75, 3.05) is 12.4 Å². The quantitative estimate of drug-likeness (QED) is 0.203. The summed E-state index contributed by atoms with van der Waals surface area (Å²) in [4.78, 5) is 12.4. The smallest absolute Gasteiger partial charge is 0.870 e. The minimum Gasteiger partial charge on any atom is -0.870 e. The van der Waals surface area contributed by atoms with Crippen LogP contribution in [0.2, 0.25) is 10.0 Å². The first kappa shape index (κ1) is 29.9. The monoisotopic (exact) mass is 581 g/mol. The van der Waals surface area contributed by atoms with E-state index < -0.39 is 26.7 Å². The number of nitrogens with one attached hydrogen (secondary N) is 1. The second kappa shape index (κ2) is 12.0. The molecule has 190 valence electrons. The van der Waals surface area contributed by atoms with Crippen LogP contribution in [0.5, 0.6) is 11.5 Å². The summed E-state index contributed by atoms with van der Waals surface area (Å²) in [5.41, 5.74) is -0.0207. The van der Waals surface area contributed by atoms with Gasteiger partial charge in [-0.05, 0) is 42.1 Å². The summed E-state index contributed by atoms with van der Waals surface area (Å²) in [6.07, 6.45) is 0. The molecule has 2 N–H and O–H groups in total. The van der Waals surface area contributed by atoms with Crippen LogP contribution in [0.25, 0.3) is 10.8 Å². The normalized spacial score (nSPS) is 11.4. The van der Waals surface area contributed by atoms with E-state index in [1.807, 2.05) is 0 Å². The molecule has 0 radical (unpaired) electrons. The van der Waals surface area contributed by atoms with Crippen molar-refractivity contribution in [3.63, 3.8) is 0 Å². The molecule has 4 rings (SSSR count). The van der Waals surface area contributed by atoms with Crippen molar-refractivity contribution >= 4 is 67.1 Å². The predicted molar refractivity (Wildman–Crippen MR) is 140 cm³/mol. The van der Waals surface area contributed by atoms with Gasteiger partial charge >= 0.3 is 29.6 Å². The number of hydrogen-bond donors (Lipinski definition) is 2. The van der Waals surface area contributed by atoms with Gasteiger partial charge in [-0.2, -0.15) is 13.5 Å². The molecule has 0 saturated carbocycles. The molecule has 0 saturated heterocycles. The maximum atomic E-state index is 13.4. The number of carbonyl (C=O) groups excluding carboxylic acids is 1. The first-order chi connectivity index (χ1) is 17.5. The van der Waals surface area contributed by atoms with E-state index in [4.69, 9.17) is 27.9 Å². The summed E-state index contributed by atoms with van der Waals surface area (Å²) in [6.45, 7) is 1.55. The average Bonchev–Trinajstić information content (AvgIpc) is 2.83. The Hall–Kier alpha value is -2.70. The van der Waals surface area contributed by atoms with Crippen LogP contribution in [-0.2, 0) is 10.1 Å². The number of azo groups is 1. The van der Waals surface area contributed by atoms with Gasteiger partial charge < -0.3 is 15.2 Å². The van der Waals surface area contributed by atoms with Gasteiger partial charge in [0.15, 0.2) is 0 Å². The summed E-state index contributed by atoms with van der Waals surface area (Å²) in [5.74, 6) is -1.07. The number of halogens is 2. The Morgan fingerprint density at radius 2 is 1.76 bits per heavy atom. The third-order valence-corrected chi connectivity index (χ3v) is 7.12. The number of benzene rings is 4. The zero-order valence-electron chi connectivity index (χ0n) is 20.3. The SMILES string of the molecule is COc1cc(Cl)cc(NC(=O)c2cc3ccccc3c(N=Nc3ccc(C)c(Cl)c3S(=O)(=O)O)c2[O-])c1.[Na+]. The molecule has 0 spiro atoms. The molecule has 4 aromatic carbocycles. The van der Waals surface area contributed by atoms with Crippen LogP contribution in [0.3, 0.4) is 0 Å². The first-order valence-electron chi connectivity index (χ1n) is 10.6. The molecule has 0 aliphatic rings. The van der Waals surface area contributed by atoms with Crippen molar-refractivity contribution < 1.29 is 57.2 Å². The van der Waals surface area contributed by atoms with Crippen molar-refractivity contribution in [1.29, 1.82) is 0 Å². The molecule has 38 heavy (non-hydrogen) atoms. The van der Waals surface area contributed by atoms with Gasteiger partial charge in [0.2, 0.25) is 0 Å². The molecule has 1 amide bonds. The number of carbonyl (C=O) groups is 1. The Labute approximate surface area is 250 Å². The Bertz CT molecular complexity index is 1700. The molecule has 9 nitrogen and oxygen atoms in total. The minimum atomic E-state index is -4.76. The number of amides is 1. The van der Waals surface area contributed by atoms with E-state index in [-0.39, 0.29) is 51.5 Å². The van der Waals surface area contributed by atoms with Crippen molar-refractivity contribution in [3.8, 4) is 11.5 Å². The van der Waals surface area contributed by atoms with Crippen LogP contribution in [-0.4, -0.2) is 26.0 Å². The molecule has 0 aromatic heterocycles. The predicted octanol–water partition coefficient (Wildman–Crippen LogP) is 3.46. The number of fused-ring (bicyclic) bond motifs is 1. The van der Waals surface area contributed by atoms with E-state index in [9.17, 15) is 22.9 Å². The van der Waals surface area contributed by atoms with E-state index in [0.717, 1.165) is 0 Å². The van der Waals surface area contributed by atoms with Gasteiger partial charge in [-0.15, -0.1) is 5.11 Å². The summed E-state index contributed by atoms with van der Waals surface area (Å²) < 4.78 is 38.7. The third kappa shape index (κ3) is 6.29. The Kier molecular flexibility index (Phi) is 9.43. The summed E-state index contributed by atoms with van der Waals surface area (Å²) in [5, 5.41) is 24.9. The van der Waals surface area contributed by atoms with Crippen molar-refractivity contribution in [2.45, 2.75) is 11.8 Å². The average molecular weight is 582 g/mol. The Balaban J connectivity index is 0.00000400. The summed E-state index contributed by atoms with van der Waals surface area (Å²) >= 11 is 12.2. The van der Waals surface area contributed by atoms with Crippen LogP contribution < -0.4 is 44.7 Å². The fraction of sp³-hybridized carbons (Fsp3) is 0.0800. The topological polar surface area (TPSA) is 140 Å². The van der Waals surface area contributed by atoms with Crippen LogP contribution in [0.15, 0.2) is 75.8 Å². The molecule has 0 aliphatic heterocycles. The Morgan fingerprint density at radius 1 is 1.05 bits per heavy atom. The number of methoxy groups -OCH3 is 1. The second-order valence-corrected chi connectivity index (χ2v) is 10.0. The van der Waals surface area contributed by atoms with E-state index in [0.29, 0.717) is 32.8 Å². The first-order valence-corrected chi connectivity index (χ1v) is 12.8. The van der Waals surface area contributed by atoms with Gasteiger partial charge in [-0.25, -0.2) is 0 Å². The van der Waals surface area contributed by atoms with Crippen LogP contribution in [0, 0.1) is 6.92 Å². The van der Waals surface area contributed by atoms with Crippen molar-refractivity contribution in [2.24, 2.45) is 10.2 Å². The van der Waals surface area contributed by atoms with Crippen LogP contribution in [0.4, 0.5) is 17.1 Å².